The molecule has 5 aromatic rings. The Morgan fingerprint density at radius 3 is 2.50 bits per heavy atom. The lowest BCUT2D eigenvalue weighted by molar-refractivity contribution is -0.132. The van der Waals surface area contributed by atoms with Crippen LogP contribution in [0.3, 0.4) is 0 Å². The van der Waals surface area contributed by atoms with Crippen LogP contribution < -0.4 is 14.4 Å². The number of Topliss-reactive ketones (excluding diaryl/α,β-unsaturated/α-hetero) is 1. The minimum absolute atomic E-state index is 0.0249. The lowest BCUT2D eigenvalue weighted by Gasteiger charge is -2.23. The maximum Gasteiger partial charge on any atom is 0.301 e. The molecule has 1 amide bonds. The summed E-state index contributed by atoms with van der Waals surface area (Å²) in [5.41, 5.74) is 3.15. The highest BCUT2D eigenvalue weighted by Crippen LogP contribution is 2.46. The molecule has 6 rings (SSSR count). The van der Waals surface area contributed by atoms with Gasteiger partial charge in [0, 0.05) is 11.3 Å². The zero-order chi connectivity index (χ0) is 33.6. The summed E-state index contributed by atoms with van der Waals surface area (Å²) in [4.78, 5) is 28.9. The highest BCUT2D eigenvalue weighted by molar-refractivity contribution is 8.00. The average Bonchev–Trinajstić information content (AvgIpc) is 3.67. The standard InChI is InChI=1S/C38H37N3O5S2/c1-4-6-9-21-46-30-20-19-27(22-31(30)45-5-2)33-32(34(42)26-17-15-24(3)16-18-26)35(43)36(44)41(33)37-39-40-38(48-37)47-23-28-13-10-12-25-11-7-8-14-29(25)28/h7-8,10-20,22,33,42H,4-6,9,21,23H2,1-3H3/b34-32+. The van der Waals surface area contributed by atoms with Gasteiger partial charge >= 0.3 is 5.91 Å². The van der Waals surface area contributed by atoms with Crippen LogP contribution in [0.5, 0.6) is 11.5 Å². The molecule has 1 saturated heterocycles. The summed E-state index contributed by atoms with van der Waals surface area (Å²) in [6, 6.07) is 26.0. The molecule has 1 N–H and O–H groups in total. The van der Waals surface area contributed by atoms with Crippen LogP contribution in [0, 0.1) is 6.92 Å². The van der Waals surface area contributed by atoms with Crippen molar-refractivity contribution in [3.8, 4) is 11.5 Å². The van der Waals surface area contributed by atoms with Crippen molar-refractivity contribution in [2.75, 3.05) is 18.1 Å². The number of fused-ring (bicyclic) bond motifs is 1. The molecule has 10 heteroatoms. The number of aryl methyl sites for hydroxylation is 1. The summed E-state index contributed by atoms with van der Waals surface area (Å²) < 4.78 is 12.7. The zero-order valence-corrected chi connectivity index (χ0v) is 28.8. The number of ketones is 1. The molecule has 0 aliphatic carbocycles. The predicted molar refractivity (Wildman–Crippen MR) is 192 cm³/mol. The molecule has 1 atom stereocenters. The summed E-state index contributed by atoms with van der Waals surface area (Å²) in [7, 11) is 0. The highest BCUT2D eigenvalue weighted by Gasteiger charge is 2.48. The van der Waals surface area contributed by atoms with Crippen molar-refractivity contribution >= 4 is 56.5 Å². The van der Waals surface area contributed by atoms with Crippen LogP contribution in [0.4, 0.5) is 5.13 Å². The molecule has 0 bridgehead atoms. The largest absolute Gasteiger partial charge is 0.507 e. The third-order valence-electron chi connectivity index (χ3n) is 8.19. The number of hydrogen-bond acceptors (Lipinski definition) is 9. The fraction of sp³-hybridized carbons (Fsp3) is 0.263. The van der Waals surface area contributed by atoms with Crippen LogP contribution in [0.15, 0.2) is 94.8 Å². The Morgan fingerprint density at radius 1 is 0.917 bits per heavy atom. The topological polar surface area (TPSA) is 102 Å². The van der Waals surface area contributed by atoms with E-state index < -0.39 is 17.7 Å². The van der Waals surface area contributed by atoms with Gasteiger partial charge in [-0.3, -0.25) is 14.5 Å². The van der Waals surface area contributed by atoms with Crippen molar-refractivity contribution in [1.82, 2.24) is 10.2 Å². The van der Waals surface area contributed by atoms with Crippen LogP contribution in [0.1, 0.15) is 61.4 Å². The minimum atomic E-state index is -0.969. The van der Waals surface area contributed by atoms with Crippen molar-refractivity contribution in [2.24, 2.45) is 0 Å². The van der Waals surface area contributed by atoms with Gasteiger partial charge < -0.3 is 14.6 Å². The summed E-state index contributed by atoms with van der Waals surface area (Å²) in [6.45, 7) is 6.90. The molecule has 1 unspecified atom stereocenters. The van der Waals surface area contributed by atoms with E-state index in [0.29, 0.717) is 45.9 Å². The van der Waals surface area contributed by atoms with Gasteiger partial charge in [0.1, 0.15) is 5.76 Å². The SMILES string of the molecule is CCCCCOc1ccc(C2/C(=C(\O)c3ccc(C)cc3)C(=O)C(=O)N2c2nnc(SCc3cccc4ccccc34)s2)cc1OCC. The number of amides is 1. The van der Waals surface area contributed by atoms with E-state index >= 15 is 0 Å². The number of rotatable bonds is 13. The van der Waals surface area contributed by atoms with Crippen LogP contribution in [-0.2, 0) is 15.3 Å². The number of thioether (sulfide) groups is 1. The van der Waals surface area contributed by atoms with Gasteiger partial charge in [0.05, 0.1) is 24.8 Å². The summed E-state index contributed by atoms with van der Waals surface area (Å²) >= 11 is 2.76. The number of benzene rings is 4. The van der Waals surface area contributed by atoms with E-state index in [-0.39, 0.29) is 16.5 Å². The number of ether oxygens (including phenoxy) is 2. The van der Waals surface area contributed by atoms with Crippen LogP contribution in [-0.4, -0.2) is 40.2 Å². The molecular formula is C38H37N3O5S2. The maximum atomic E-state index is 13.8. The van der Waals surface area contributed by atoms with E-state index in [1.807, 2.05) is 44.2 Å². The molecule has 1 aromatic heterocycles. The first-order chi connectivity index (χ1) is 23.4. The second-order valence-electron chi connectivity index (χ2n) is 11.5. The normalized spacial score (nSPS) is 15.7. The second kappa shape index (κ2) is 15.0. The van der Waals surface area contributed by atoms with E-state index in [9.17, 15) is 14.7 Å². The first-order valence-corrected chi connectivity index (χ1v) is 17.9. The number of carbonyl (C=O) groups is 2. The maximum absolute atomic E-state index is 13.8. The fourth-order valence-electron chi connectivity index (χ4n) is 5.74. The Bertz CT molecular complexity index is 1970. The smallest absolute Gasteiger partial charge is 0.301 e. The molecule has 1 fully saturated rings. The third kappa shape index (κ3) is 6.95. The van der Waals surface area contributed by atoms with Gasteiger partial charge in [-0.2, -0.15) is 0 Å². The average molecular weight is 680 g/mol. The highest BCUT2D eigenvalue weighted by atomic mass is 32.2. The Labute approximate surface area is 288 Å². The lowest BCUT2D eigenvalue weighted by atomic mass is 9.95. The number of aliphatic hydroxyl groups excluding tert-OH is 1. The first-order valence-electron chi connectivity index (χ1n) is 16.1. The van der Waals surface area contributed by atoms with Gasteiger partial charge in [-0.15, -0.1) is 10.2 Å². The van der Waals surface area contributed by atoms with Gasteiger partial charge in [-0.05, 0) is 54.3 Å². The second-order valence-corrected chi connectivity index (χ2v) is 13.7. The monoisotopic (exact) mass is 679 g/mol. The lowest BCUT2D eigenvalue weighted by Crippen LogP contribution is -2.29. The Morgan fingerprint density at radius 2 is 1.71 bits per heavy atom. The molecule has 1 aliphatic rings. The Hall–Kier alpha value is -4.67. The molecule has 48 heavy (non-hydrogen) atoms. The quantitative estimate of drug-likeness (QED) is 0.0329. The molecule has 8 nitrogen and oxygen atoms in total. The number of carbonyl (C=O) groups excluding carboxylic acids is 2. The number of nitrogens with zero attached hydrogens (tertiary/aromatic N) is 3. The fourth-order valence-corrected chi connectivity index (χ4v) is 7.62. The van der Waals surface area contributed by atoms with E-state index in [0.717, 1.165) is 35.8 Å². The van der Waals surface area contributed by atoms with Crippen molar-refractivity contribution in [3.05, 3.63) is 113 Å². The van der Waals surface area contributed by atoms with Gasteiger partial charge in [0.25, 0.3) is 5.78 Å². The number of aliphatic hydroxyl groups is 1. The molecule has 4 aromatic carbocycles. The van der Waals surface area contributed by atoms with Crippen LogP contribution in [0.25, 0.3) is 16.5 Å². The Balaban J connectivity index is 1.37. The predicted octanol–water partition coefficient (Wildman–Crippen LogP) is 8.89. The van der Waals surface area contributed by atoms with E-state index in [1.165, 1.54) is 33.4 Å². The summed E-state index contributed by atoms with van der Waals surface area (Å²) in [6.07, 6.45) is 3.05. The van der Waals surface area contributed by atoms with E-state index in [4.69, 9.17) is 9.47 Å². The molecule has 0 saturated carbocycles. The minimum Gasteiger partial charge on any atom is -0.507 e. The molecule has 0 spiro atoms. The van der Waals surface area contributed by atoms with Gasteiger partial charge in [-0.25, -0.2) is 0 Å². The van der Waals surface area contributed by atoms with Crippen molar-refractivity contribution in [3.63, 3.8) is 0 Å². The summed E-state index contributed by atoms with van der Waals surface area (Å²) in [5.74, 6) is -0.104. The van der Waals surface area contributed by atoms with Crippen molar-refractivity contribution in [1.29, 1.82) is 0 Å². The molecule has 2 heterocycles. The van der Waals surface area contributed by atoms with Crippen molar-refractivity contribution < 1.29 is 24.2 Å². The Kier molecular flexibility index (Phi) is 10.4. The number of hydrogen-bond donors (Lipinski definition) is 1. The molecule has 1 aliphatic heterocycles. The number of unbranched alkanes of at least 4 members (excludes halogenated alkanes) is 2. The third-order valence-corrected chi connectivity index (χ3v) is 10.3. The first kappa shape index (κ1) is 33.2. The van der Waals surface area contributed by atoms with Crippen molar-refractivity contribution in [2.45, 2.75) is 56.2 Å². The van der Waals surface area contributed by atoms with E-state index in [1.54, 1.807) is 30.3 Å². The van der Waals surface area contributed by atoms with Crippen LogP contribution >= 0.6 is 23.1 Å². The number of anilines is 1. The summed E-state index contributed by atoms with van der Waals surface area (Å²) in [5, 5.41) is 23.0. The van der Waals surface area contributed by atoms with Gasteiger partial charge in [0.15, 0.2) is 15.8 Å². The molecular weight excluding hydrogens is 643 g/mol. The van der Waals surface area contributed by atoms with E-state index in [2.05, 4.69) is 41.4 Å². The van der Waals surface area contributed by atoms with Gasteiger partial charge in [-0.1, -0.05) is 121 Å². The zero-order valence-electron chi connectivity index (χ0n) is 27.1. The van der Waals surface area contributed by atoms with Crippen LogP contribution in [0.2, 0.25) is 0 Å². The van der Waals surface area contributed by atoms with Gasteiger partial charge in [0.2, 0.25) is 5.13 Å². The molecule has 0 radical (unpaired) electrons. The molecule has 246 valence electrons. The number of aromatic nitrogens is 2.